The first kappa shape index (κ1) is 13.1. The molecule has 21 heavy (non-hydrogen) atoms. The highest BCUT2D eigenvalue weighted by atomic mass is 16.3. The van der Waals surface area contributed by atoms with Crippen LogP contribution in [0.25, 0.3) is 11.3 Å². The van der Waals surface area contributed by atoms with Crippen LogP contribution >= 0.6 is 0 Å². The summed E-state index contributed by atoms with van der Waals surface area (Å²) in [7, 11) is 0. The summed E-state index contributed by atoms with van der Waals surface area (Å²) < 4.78 is 5.38. The number of hydrogen-bond donors (Lipinski definition) is 1. The molecule has 0 radical (unpaired) electrons. The fourth-order valence-corrected chi connectivity index (χ4v) is 2.11. The predicted molar refractivity (Wildman–Crippen MR) is 79.6 cm³/mol. The van der Waals surface area contributed by atoms with E-state index in [9.17, 15) is 4.79 Å². The lowest BCUT2D eigenvalue weighted by Crippen LogP contribution is -2.23. The first-order valence-corrected chi connectivity index (χ1v) is 6.64. The first-order chi connectivity index (χ1) is 10.3. The Labute approximate surface area is 122 Å². The van der Waals surface area contributed by atoms with Crippen LogP contribution in [0.2, 0.25) is 0 Å². The normalized spacial score (nSPS) is 10.3. The van der Waals surface area contributed by atoms with Crippen LogP contribution in [-0.4, -0.2) is 10.9 Å². The van der Waals surface area contributed by atoms with Gasteiger partial charge in [0.25, 0.3) is 5.91 Å². The van der Waals surface area contributed by atoms with Crippen molar-refractivity contribution in [2.45, 2.75) is 6.54 Å². The van der Waals surface area contributed by atoms with Gasteiger partial charge in [-0.2, -0.15) is 0 Å². The molecule has 3 rings (SSSR count). The number of carbonyl (C=O) groups is 1. The van der Waals surface area contributed by atoms with Crippen molar-refractivity contribution < 1.29 is 9.21 Å². The van der Waals surface area contributed by atoms with Crippen molar-refractivity contribution in [2.24, 2.45) is 0 Å². The van der Waals surface area contributed by atoms with Crippen LogP contribution in [0.5, 0.6) is 0 Å². The number of furan rings is 1. The highest BCUT2D eigenvalue weighted by Gasteiger charge is 2.13. The summed E-state index contributed by atoms with van der Waals surface area (Å²) >= 11 is 0. The number of aromatic nitrogens is 1. The fourth-order valence-electron chi connectivity index (χ4n) is 2.11. The lowest BCUT2D eigenvalue weighted by Gasteiger charge is -2.08. The monoisotopic (exact) mass is 278 g/mol. The van der Waals surface area contributed by atoms with Crippen LogP contribution in [0.15, 0.2) is 71.6 Å². The Kier molecular flexibility index (Phi) is 3.78. The zero-order valence-electron chi connectivity index (χ0n) is 11.3. The van der Waals surface area contributed by atoms with Crippen molar-refractivity contribution in [3.05, 3.63) is 78.3 Å². The maximum absolute atomic E-state index is 12.4. The second-order valence-corrected chi connectivity index (χ2v) is 4.57. The molecule has 0 bridgehead atoms. The molecule has 0 fully saturated rings. The van der Waals surface area contributed by atoms with Gasteiger partial charge in [0.1, 0.15) is 5.76 Å². The van der Waals surface area contributed by atoms with Gasteiger partial charge in [-0.25, -0.2) is 0 Å². The molecular formula is C17H14N2O2. The molecule has 1 N–H and O–H groups in total. The van der Waals surface area contributed by atoms with Gasteiger partial charge in [-0.3, -0.25) is 9.78 Å². The minimum Gasteiger partial charge on any atom is -0.464 e. The molecule has 4 nitrogen and oxygen atoms in total. The third-order valence-corrected chi connectivity index (χ3v) is 3.13. The molecule has 0 atom stereocenters. The van der Waals surface area contributed by atoms with E-state index in [1.54, 1.807) is 30.8 Å². The standard InChI is InChI=1S/C17H14N2O2/c20-17(19-12-13-5-3-9-18-11-13)15-7-2-1-6-14(15)16-8-4-10-21-16/h1-11H,12H2,(H,19,20). The number of nitrogens with one attached hydrogen (secondary N) is 1. The summed E-state index contributed by atoms with van der Waals surface area (Å²) in [5, 5.41) is 2.90. The van der Waals surface area contributed by atoms with E-state index < -0.39 is 0 Å². The van der Waals surface area contributed by atoms with E-state index in [1.807, 2.05) is 36.4 Å². The Bertz CT molecular complexity index is 722. The SMILES string of the molecule is O=C(NCc1cccnc1)c1ccccc1-c1ccco1. The second-order valence-electron chi connectivity index (χ2n) is 4.57. The average molecular weight is 278 g/mol. The molecule has 3 aromatic rings. The van der Waals surface area contributed by atoms with Crippen LogP contribution in [0.3, 0.4) is 0 Å². The van der Waals surface area contributed by atoms with Crippen LogP contribution < -0.4 is 5.32 Å². The molecule has 0 aliphatic rings. The summed E-state index contributed by atoms with van der Waals surface area (Å²) in [5.41, 5.74) is 2.34. The highest BCUT2D eigenvalue weighted by Crippen LogP contribution is 2.23. The molecule has 0 saturated carbocycles. The van der Waals surface area contributed by atoms with Gasteiger partial charge in [0.2, 0.25) is 0 Å². The highest BCUT2D eigenvalue weighted by molar-refractivity contribution is 6.00. The van der Waals surface area contributed by atoms with E-state index in [0.717, 1.165) is 11.1 Å². The lowest BCUT2D eigenvalue weighted by atomic mass is 10.0. The van der Waals surface area contributed by atoms with E-state index in [-0.39, 0.29) is 5.91 Å². The van der Waals surface area contributed by atoms with E-state index in [1.165, 1.54) is 0 Å². The minimum atomic E-state index is -0.133. The smallest absolute Gasteiger partial charge is 0.252 e. The van der Waals surface area contributed by atoms with Gasteiger partial charge in [-0.05, 0) is 29.8 Å². The van der Waals surface area contributed by atoms with E-state index in [2.05, 4.69) is 10.3 Å². The molecule has 0 aliphatic heterocycles. The Morgan fingerprint density at radius 1 is 1.10 bits per heavy atom. The topological polar surface area (TPSA) is 55.1 Å². The van der Waals surface area contributed by atoms with E-state index >= 15 is 0 Å². The quantitative estimate of drug-likeness (QED) is 0.797. The molecule has 4 heteroatoms. The first-order valence-electron chi connectivity index (χ1n) is 6.64. The maximum Gasteiger partial charge on any atom is 0.252 e. The fraction of sp³-hybridized carbons (Fsp3) is 0.0588. The van der Waals surface area contributed by atoms with Crippen molar-refractivity contribution in [2.75, 3.05) is 0 Å². The van der Waals surface area contributed by atoms with Crippen molar-refractivity contribution in [3.8, 4) is 11.3 Å². The number of carbonyl (C=O) groups excluding carboxylic acids is 1. The Balaban J connectivity index is 1.79. The second kappa shape index (κ2) is 6.05. The zero-order chi connectivity index (χ0) is 14.5. The predicted octanol–water partition coefficient (Wildman–Crippen LogP) is 3.27. The molecule has 1 aromatic carbocycles. The van der Waals surface area contributed by atoms with Crippen LogP contribution in [0, 0.1) is 0 Å². The molecule has 2 heterocycles. The van der Waals surface area contributed by atoms with Crippen molar-refractivity contribution in [1.82, 2.24) is 10.3 Å². The molecule has 2 aromatic heterocycles. The Hall–Kier alpha value is -2.88. The van der Waals surface area contributed by atoms with Crippen LogP contribution in [-0.2, 0) is 6.54 Å². The van der Waals surface area contributed by atoms with Crippen molar-refractivity contribution in [1.29, 1.82) is 0 Å². The van der Waals surface area contributed by atoms with E-state index in [4.69, 9.17) is 4.42 Å². The molecule has 0 saturated heterocycles. The number of rotatable bonds is 4. The summed E-state index contributed by atoms with van der Waals surface area (Å²) in [5.74, 6) is 0.549. The van der Waals surface area contributed by atoms with Gasteiger partial charge in [0.15, 0.2) is 0 Å². The summed E-state index contributed by atoms with van der Waals surface area (Å²) in [4.78, 5) is 16.4. The number of pyridine rings is 1. The van der Waals surface area contributed by atoms with Gasteiger partial charge in [-0.15, -0.1) is 0 Å². The summed E-state index contributed by atoms with van der Waals surface area (Å²) in [6.45, 7) is 0.444. The van der Waals surface area contributed by atoms with Crippen molar-refractivity contribution in [3.63, 3.8) is 0 Å². The number of benzene rings is 1. The van der Waals surface area contributed by atoms with E-state index in [0.29, 0.717) is 17.9 Å². The van der Waals surface area contributed by atoms with Crippen LogP contribution in [0.1, 0.15) is 15.9 Å². The Morgan fingerprint density at radius 3 is 2.76 bits per heavy atom. The van der Waals surface area contributed by atoms with Crippen LogP contribution in [0.4, 0.5) is 0 Å². The summed E-state index contributed by atoms with van der Waals surface area (Å²) in [6, 6.07) is 14.8. The molecule has 0 aliphatic carbocycles. The molecule has 104 valence electrons. The minimum absolute atomic E-state index is 0.133. The number of amides is 1. The zero-order valence-corrected chi connectivity index (χ0v) is 11.3. The van der Waals surface area contributed by atoms with Gasteiger partial charge in [0.05, 0.1) is 11.8 Å². The third kappa shape index (κ3) is 3.00. The number of nitrogens with zero attached hydrogens (tertiary/aromatic N) is 1. The third-order valence-electron chi connectivity index (χ3n) is 3.13. The van der Waals surface area contributed by atoms with Gasteiger partial charge < -0.3 is 9.73 Å². The maximum atomic E-state index is 12.4. The lowest BCUT2D eigenvalue weighted by molar-refractivity contribution is 0.0951. The van der Waals surface area contributed by atoms with Crippen molar-refractivity contribution >= 4 is 5.91 Å². The van der Waals surface area contributed by atoms with Gasteiger partial charge in [-0.1, -0.05) is 24.3 Å². The number of hydrogen-bond acceptors (Lipinski definition) is 3. The largest absolute Gasteiger partial charge is 0.464 e. The molecule has 1 amide bonds. The van der Waals surface area contributed by atoms with Gasteiger partial charge in [0, 0.05) is 24.5 Å². The Morgan fingerprint density at radius 2 is 2.00 bits per heavy atom. The molecular weight excluding hydrogens is 264 g/mol. The summed E-state index contributed by atoms with van der Waals surface area (Å²) in [6.07, 6.45) is 5.04. The van der Waals surface area contributed by atoms with Gasteiger partial charge >= 0.3 is 0 Å². The molecule has 0 spiro atoms. The molecule has 0 unspecified atom stereocenters. The average Bonchev–Trinajstić information content (AvgIpc) is 3.08.